The van der Waals surface area contributed by atoms with Crippen LogP contribution in [0, 0.1) is 6.92 Å². The van der Waals surface area contributed by atoms with Crippen molar-refractivity contribution in [1.82, 2.24) is 19.9 Å². The van der Waals surface area contributed by atoms with Crippen LogP contribution in [0.15, 0.2) is 53.6 Å². The molecule has 4 aromatic rings. The van der Waals surface area contributed by atoms with Gasteiger partial charge in [-0.3, -0.25) is 4.79 Å². The number of aryl methyl sites for hydroxylation is 2. The summed E-state index contributed by atoms with van der Waals surface area (Å²) in [7, 11) is 1.83. The van der Waals surface area contributed by atoms with Gasteiger partial charge < -0.3 is 20.1 Å². The van der Waals surface area contributed by atoms with E-state index in [0.29, 0.717) is 38.2 Å². The zero-order valence-corrected chi connectivity index (χ0v) is 20.4. The number of rotatable bonds is 4. The van der Waals surface area contributed by atoms with Crippen molar-refractivity contribution in [3.05, 3.63) is 74.6 Å². The molecule has 0 aliphatic carbocycles. The van der Waals surface area contributed by atoms with Crippen LogP contribution in [0.4, 0.5) is 17.3 Å². The molecule has 2 aromatic heterocycles. The molecule has 0 amide bonds. The first-order valence-corrected chi connectivity index (χ1v) is 11.8. The molecule has 0 spiro atoms. The Morgan fingerprint density at radius 2 is 1.82 bits per heavy atom. The van der Waals surface area contributed by atoms with Gasteiger partial charge >= 0.3 is 0 Å². The molecule has 9 heteroatoms. The predicted octanol–water partition coefficient (Wildman–Crippen LogP) is 4.76. The maximum absolute atomic E-state index is 13.2. The van der Waals surface area contributed by atoms with E-state index in [1.807, 2.05) is 13.1 Å². The van der Waals surface area contributed by atoms with Gasteiger partial charge in [0.2, 0.25) is 11.4 Å². The summed E-state index contributed by atoms with van der Waals surface area (Å²) in [6, 6.07) is 11.4. The highest BCUT2D eigenvalue weighted by atomic mass is 35.5. The molecule has 1 aliphatic rings. The SMILES string of the molecule is Cc1cc(Nc2ncc3c(=O)c(-c4c(Cl)cccc4Cl)cn(C)c3n2)ccc1N1CCNCC1. The molecule has 2 N–H and O–H groups in total. The molecule has 7 nitrogen and oxygen atoms in total. The average molecular weight is 495 g/mol. The number of fused-ring (bicyclic) bond motifs is 1. The number of benzene rings is 2. The van der Waals surface area contributed by atoms with Gasteiger partial charge in [-0.05, 0) is 42.8 Å². The summed E-state index contributed by atoms with van der Waals surface area (Å²) in [4.78, 5) is 24.7. The van der Waals surface area contributed by atoms with E-state index < -0.39 is 0 Å². The molecular weight excluding hydrogens is 471 g/mol. The largest absolute Gasteiger partial charge is 0.369 e. The monoisotopic (exact) mass is 494 g/mol. The normalized spacial score (nSPS) is 13.9. The Kier molecular flexibility index (Phi) is 6.16. The van der Waals surface area contributed by atoms with Crippen LogP contribution in [0.3, 0.4) is 0 Å². The van der Waals surface area contributed by atoms with Gasteiger partial charge in [-0.15, -0.1) is 0 Å². The highest BCUT2D eigenvalue weighted by molar-refractivity contribution is 6.39. The van der Waals surface area contributed by atoms with Crippen molar-refractivity contribution in [2.75, 3.05) is 36.4 Å². The highest BCUT2D eigenvalue weighted by Crippen LogP contribution is 2.33. The number of piperazine rings is 1. The number of nitrogens with one attached hydrogen (secondary N) is 2. The summed E-state index contributed by atoms with van der Waals surface area (Å²) in [5.74, 6) is 0.417. The number of pyridine rings is 1. The minimum absolute atomic E-state index is 0.217. The molecule has 0 saturated carbocycles. The molecule has 34 heavy (non-hydrogen) atoms. The Morgan fingerprint density at radius 3 is 2.53 bits per heavy atom. The molecule has 2 aromatic carbocycles. The minimum Gasteiger partial charge on any atom is -0.369 e. The molecule has 1 fully saturated rings. The third kappa shape index (κ3) is 4.22. The Hall–Kier alpha value is -3.13. The summed E-state index contributed by atoms with van der Waals surface area (Å²) < 4.78 is 1.79. The summed E-state index contributed by atoms with van der Waals surface area (Å²) in [6.07, 6.45) is 3.25. The maximum Gasteiger partial charge on any atom is 0.229 e. The molecule has 0 atom stereocenters. The topological polar surface area (TPSA) is 75.1 Å². The molecule has 1 aliphatic heterocycles. The van der Waals surface area contributed by atoms with E-state index in [9.17, 15) is 4.79 Å². The van der Waals surface area contributed by atoms with Crippen LogP contribution in [-0.2, 0) is 7.05 Å². The van der Waals surface area contributed by atoms with Gasteiger partial charge in [-0.25, -0.2) is 4.98 Å². The maximum atomic E-state index is 13.2. The molecule has 174 valence electrons. The number of hydrogen-bond donors (Lipinski definition) is 2. The van der Waals surface area contributed by atoms with Crippen molar-refractivity contribution in [2.45, 2.75) is 6.92 Å². The van der Waals surface area contributed by atoms with Crippen molar-refractivity contribution in [1.29, 1.82) is 0 Å². The van der Waals surface area contributed by atoms with E-state index in [-0.39, 0.29) is 5.43 Å². The van der Waals surface area contributed by atoms with Crippen molar-refractivity contribution < 1.29 is 0 Å². The van der Waals surface area contributed by atoms with Crippen LogP contribution < -0.4 is 21.0 Å². The van der Waals surface area contributed by atoms with Crippen molar-refractivity contribution in [3.63, 3.8) is 0 Å². The van der Waals surface area contributed by atoms with Crippen LogP contribution in [0.2, 0.25) is 10.0 Å². The first-order chi connectivity index (χ1) is 16.4. The Morgan fingerprint density at radius 1 is 1.09 bits per heavy atom. The number of anilines is 3. The van der Waals surface area contributed by atoms with Gasteiger partial charge in [-0.1, -0.05) is 29.3 Å². The average Bonchev–Trinajstić information content (AvgIpc) is 2.83. The molecular formula is C25H24Cl2N6O. The van der Waals surface area contributed by atoms with Crippen LogP contribution >= 0.6 is 23.2 Å². The van der Waals surface area contributed by atoms with E-state index >= 15 is 0 Å². The van der Waals surface area contributed by atoms with Crippen LogP contribution in [0.25, 0.3) is 22.2 Å². The second-order valence-electron chi connectivity index (χ2n) is 8.37. The lowest BCUT2D eigenvalue weighted by molar-refractivity contribution is 0.588. The first-order valence-electron chi connectivity index (χ1n) is 11.1. The van der Waals surface area contributed by atoms with Gasteiger partial charge in [0.15, 0.2) is 0 Å². The second kappa shape index (κ2) is 9.25. The zero-order valence-electron chi connectivity index (χ0n) is 18.9. The van der Waals surface area contributed by atoms with Gasteiger partial charge in [0, 0.05) is 68.1 Å². The molecule has 5 rings (SSSR count). The van der Waals surface area contributed by atoms with Crippen LogP contribution in [-0.4, -0.2) is 40.7 Å². The van der Waals surface area contributed by atoms with Crippen LogP contribution in [0.1, 0.15) is 5.56 Å². The quantitative estimate of drug-likeness (QED) is 0.425. The van der Waals surface area contributed by atoms with E-state index in [2.05, 4.69) is 44.6 Å². The van der Waals surface area contributed by atoms with E-state index in [1.54, 1.807) is 35.2 Å². The smallest absolute Gasteiger partial charge is 0.229 e. The molecule has 0 unspecified atom stereocenters. The van der Waals surface area contributed by atoms with Gasteiger partial charge in [0.05, 0.1) is 15.4 Å². The highest BCUT2D eigenvalue weighted by Gasteiger charge is 2.17. The van der Waals surface area contributed by atoms with E-state index in [0.717, 1.165) is 31.9 Å². The van der Waals surface area contributed by atoms with Crippen molar-refractivity contribution in [3.8, 4) is 11.1 Å². The van der Waals surface area contributed by atoms with Gasteiger partial charge in [-0.2, -0.15) is 4.98 Å². The lowest BCUT2D eigenvalue weighted by Gasteiger charge is -2.30. The van der Waals surface area contributed by atoms with Crippen molar-refractivity contribution >= 4 is 51.6 Å². The van der Waals surface area contributed by atoms with E-state index in [4.69, 9.17) is 23.2 Å². The Labute approximate surface area is 207 Å². The molecule has 1 saturated heterocycles. The zero-order chi connectivity index (χ0) is 23.8. The fourth-order valence-electron chi connectivity index (χ4n) is 4.38. The van der Waals surface area contributed by atoms with Gasteiger partial charge in [0.1, 0.15) is 5.65 Å². The number of aromatic nitrogens is 3. The first kappa shape index (κ1) is 22.7. The molecule has 0 bridgehead atoms. The van der Waals surface area contributed by atoms with Crippen LogP contribution in [0.5, 0.6) is 0 Å². The summed E-state index contributed by atoms with van der Waals surface area (Å²) in [5, 5.41) is 7.88. The molecule has 0 radical (unpaired) electrons. The lowest BCUT2D eigenvalue weighted by Crippen LogP contribution is -2.43. The summed E-state index contributed by atoms with van der Waals surface area (Å²) >= 11 is 12.7. The van der Waals surface area contributed by atoms with E-state index in [1.165, 1.54) is 11.3 Å². The van der Waals surface area contributed by atoms with Crippen molar-refractivity contribution in [2.24, 2.45) is 7.05 Å². The second-order valence-corrected chi connectivity index (χ2v) is 9.19. The number of halogens is 2. The van der Waals surface area contributed by atoms with Gasteiger partial charge in [0.25, 0.3) is 0 Å². The minimum atomic E-state index is -0.217. The third-order valence-electron chi connectivity index (χ3n) is 6.06. The molecule has 3 heterocycles. The summed E-state index contributed by atoms with van der Waals surface area (Å²) in [6.45, 7) is 6.09. The fraction of sp³-hybridized carbons (Fsp3) is 0.240. The Bertz CT molecular complexity index is 1430. The number of nitrogens with zero attached hydrogens (tertiary/aromatic N) is 4. The lowest BCUT2D eigenvalue weighted by atomic mass is 10.1. The Balaban J connectivity index is 1.48. The third-order valence-corrected chi connectivity index (χ3v) is 6.69. The summed E-state index contributed by atoms with van der Waals surface area (Å²) in [5.41, 5.74) is 4.53. The standard InChI is InChI=1S/C25H24Cl2N6O/c1-15-12-16(6-7-21(15)33-10-8-28-9-11-33)30-25-29-13-17-23(34)18(14-32(2)24(17)31-25)22-19(26)4-3-5-20(22)27/h3-7,12-14,28H,8-11H2,1-2H3,(H,29,30,31). The fourth-order valence-corrected chi connectivity index (χ4v) is 4.98. The number of hydrogen-bond acceptors (Lipinski definition) is 6. The predicted molar refractivity (Wildman–Crippen MR) is 140 cm³/mol.